The number of hydrogen-bond acceptors (Lipinski definition) is 2. The van der Waals surface area contributed by atoms with Crippen LogP contribution in [0.1, 0.15) is 27.8 Å². The number of methoxy groups -OCH3 is 2. The predicted octanol–water partition coefficient (Wildman–Crippen LogP) is 7.20. The Morgan fingerprint density at radius 3 is 1.75 bits per heavy atom. The molecule has 4 aromatic rings. The highest BCUT2D eigenvalue weighted by Gasteiger charge is 2.34. The Labute approximate surface area is 183 Å². The van der Waals surface area contributed by atoms with Gasteiger partial charge in [0.1, 0.15) is 11.5 Å². The first-order valence-corrected chi connectivity index (χ1v) is 10.1. The van der Waals surface area contributed by atoms with Crippen LogP contribution in [-0.2, 0) is 6.18 Å². The molecule has 2 nitrogen and oxygen atoms in total. The van der Waals surface area contributed by atoms with Gasteiger partial charge in [0.15, 0.2) is 0 Å². The van der Waals surface area contributed by atoms with Crippen LogP contribution in [-0.4, -0.2) is 14.2 Å². The highest BCUT2D eigenvalue weighted by Crippen LogP contribution is 2.53. The molecule has 0 heterocycles. The summed E-state index contributed by atoms with van der Waals surface area (Å²) in [7, 11) is 3.23. The zero-order chi connectivity index (χ0) is 22.5. The number of alkyl halides is 3. The van der Waals surface area contributed by atoms with E-state index in [1.54, 1.807) is 20.3 Å². The van der Waals surface area contributed by atoms with Gasteiger partial charge in [0.05, 0.1) is 19.8 Å². The van der Waals surface area contributed by atoms with Crippen LogP contribution in [0.4, 0.5) is 13.2 Å². The van der Waals surface area contributed by atoms with Crippen LogP contribution in [0.15, 0.2) is 78.9 Å². The van der Waals surface area contributed by atoms with Gasteiger partial charge in [-0.05, 0) is 69.8 Å². The lowest BCUT2D eigenvalue weighted by molar-refractivity contribution is -0.137. The molecular formula is C27H19F3O2. The summed E-state index contributed by atoms with van der Waals surface area (Å²) in [6.07, 6.45) is -4.41. The highest BCUT2D eigenvalue weighted by atomic mass is 19.4. The van der Waals surface area contributed by atoms with E-state index in [9.17, 15) is 13.2 Å². The van der Waals surface area contributed by atoms with Gasteiger partial charge in [-0.1, -0.05) is 42.5 Å². The SMILES string of the molecule is COc1ccc(OC)c2cc3c(cc12)C3=C(c1ccccc1)c1cccc(C(F)(F)F)c1. The van der Waals surface area contributed by atoms with Crippen molar-refractivity contribution in [2.45, 2.75) is 6.18 Å². The number of fused-ring (bicyclic) bond motifs is 2. The number of rotatable bonds is 4. The number of halogens is 3. The third-order valence-electron chi connectivity index (χ3n) is 5.78. The monoisotopic (exact) mass is 432 g/mol. The lowest BCUT2D eigenvalue weighted by atomic mass is 9.94. The zero-order valence-electron chi connectivity index (χ0n) is 17.5. The summed E-state index contributed by atoms with van der Waals surface area (Å²) in [6, 6.07) is 22.8. The Kier molecular flexibility index (Phi) is 4.70. The van der Waals surface area contributed by atoms with Crippen molar-refractivity contribution >= 4 is 21.9 Å². The molecule has 0 unspecified atom stereocenters. The van der Waals surface area contributed by atoms with E-state index in [-0.39, 0.29) is 0 Å². The van der Waals surface area contributed by atoms with E-state index in [2.05, 4.69) is 0 Å². The highest BCUT2D eigenvalue weighted by molar-refractivity contribution is 6.19. The van der Waals surface area contributed by atoms with E-state index in [1.165, 1.54) is 12.1 Å². The average molecular weight is 432 g/mol. The van der Waals surface area contributed by atoms with E-state index < -0.39 is 11.7 Å². The van der Waals surface area contributed by atoms with Crippen molar-refractivity contribution < 1.29 is 22.6 Å². The molecule has 0 amide bonds. The normalized spacial score (nSPS) is 12.5. The third kappa shape index (κ3) is 3.30. The molecule has 160 valence electrons. The van der Waals surface area contributed by atoms with E-state index >= 15 is 0 Å². The summed E-state index contributed by atoms with van der Waals surface area (Å²) < 4.78 is 51.3. The van der Waals surface area contributed by atoms with E-state index in [0.29, 0.717) is 5.56 Å². The van der Waals surface area contributed by atoms with Crippen LogP contribution in [0.25, 0.3) is 21.9 Å². The molecule has 1 aliphatic rings. The second kappa shape index (κ2) is 7.45. The van der Waals surface area contributed by atoms with Gasteiger partial charge in [-0.25, -0.2) is 0 Å². The van der Waals surface area contributed by atoms with Crippen molar-refractivity contribution in [3.05, 3.63) is 107 Å². The minimum atomic E-state index is -4.41. The van der Waals surface area contributed by atoms with Gasteiger partial charge in [0.25, 0.3) is 0 Å². The molecule has 0 bridgehead atoms. The Morgan fingerprint density at radius 1 is 0.656 bits per heavy atom. The fraction of sp³-hybridized carbons (Fsp3) is 0.111. The van der Waals surface area contributed by atoms with Crippen LogP contribution >= 0.6 is 0 Å². The second-order valence-corrected chi connectivity index (χ2v) is 7.61. The lowest BCUT2D eigenvalue weighted by Gasteiger charge is -2.12. The molecule has 4 aromatic carbocycles. The first-order valence-electron chi connectivity index (χ1n) is 10.1. The van der Waals surface area contributed by atoms with Crippen LogP contribution < -0.4 is 9.47 Å². The molecule has 0 N–H and O–H groups in total. The smallest absolute Gasteiger partial charge is 0.416 e. The molecule has 32 heavy (non-hydrogen) atoms. The molecule has 0 aliphatic heterocycles. The van der Waals surface area contributed by atoms with Crippen LogP contribution in [0, 0.1) is 0 Å². The van der Waals surface area contributed by atoms with Crippen molar-refractivity contribution in [1.82, 2.24) is 0 Å². The van der Waals surface area contributed by atoms with Gasteiger partial charge in [0.2, 0.25) is 0 Å². The summed E-state index contributed by atoms with van der Waals surface area (Å²) >= 11 is 0. The van der Waals surface area contributed by atoms with Crippen LogP contribution in [0.5, 0.6) is 11.5 Å². The molecule has 0 atom stereocenters. The van der Waals surface area contributed by atoms with E-state index in [1.807, 2.05) is 54.6 Å². The lowest BCUT2D eigenvalue weighted by Crippen LogP contribution is -2.05. The second-order valence-electron chi connectivity index (χ2n) is 7.61. The molecule has 0 fully saturated rings. The largest absolute Gasteiger partial charge is 0.496 e. The fourth-order valence-corrected chi connectivity index (χ4v) is 4.24. The fourth-order valence-electron chi connectivity index (χ4n) is 4.24. The molecule has 0 saturated heterocycles. The maximum absolute atomic E-state index is 13.4. The summed E-state index contributed by atoms with van der Waals surface area (Å²) in [5.41, 5.74) is 4.44. The number of ether oxygens (including phenoxy) is 2. The first-order chi connectivity index (χ1) is 15.4. The minimum Gasteiger partial charge on any atom is -0.496 e. The molecule has 1 aliphatic carbocycles. The summed E-state index contributed by atoms with van der Waals surface area (Å²) in [5, 5.41) is 1.80. The van der Waals surface area contributed by atoms with Crippen LogP contribution in [0.2, 0.25) is 0 Å². The summed E-state index contributed by atoms with van der Waals surface area (Å²) in [4.78, 5) is 0. The maximum Gasteiger partial charge on any atom is 0.416 e. The van der Waals surface area contributed by atoms with Gasteiger partial charge < -0.3 is 9.47 Å². The molecule has 5 heteroatoms. The van der Waals surface area contributed by atoms with Crippen molar-refractivity contribution in [1.29, 1.82) is 0 Å². The molecule has 0 spiro atoms. The van der Waals surface area contributed by atoms with Crippen molar-refractivity contribution in [3.8, 4) is 11.5 Å². The van der Waals surface area contributed by atoms with E-state index in [0.717, 1.165) is 56.2 Å². The number of benzene rings is 4. The molecule has 0 aromatic heterocycles. The Hall–Kier alpha value is -3.73. The molecule has 0 saturated carbocycles. The third-order valence-corrected chi connectivity index (χ3v) is 5.78. The van der Waals surface area contributed by atoms with Crippen molar-refractivity contribution in [2.75, 3.05) is 14.2 Å². The van der Waals surface area contributed by atoms with Crippen LogP contribution in [0.3, 0.4) is 0 Å². The first kappa shape index (κ1) is 20.2. The van der Waals surface area contributed by atoms with Gasteiger partial charge in [-0.2, -0.15) is 13.2 Å². The van der Waals surface area contributed by atoms with E-state index in [4.69, 9.17) is 9.47 Å². The average Bonchev–Trinajstić information content (AvgIpc) is 3.49. The molecular weight excluding hydrogens is 413 g/mol. The standard InChI is InChI=1S/C27H19F3O2/c1-31-23-11-12-24(32-2)20-15-22-21(14-19(20)23)26(22)25(16-7-4-3-5-8-16)17-9-6-10-18(13-17)27(28,29)30/h3-15H,1-2H3. The van der Waals surface area contributed by atoms with Gasteiger partial charge >= 0.3 is 6.18 Å². The molecule has 0 radical (unpaired) electrons. The van der Waals surface area contributed by atoms with Gasteiger partial charge in [-0.15, -0.1) is 0 Å². The molecule has 5 rings (SSSR count). The maximum atomic E-state index is 13.4. The van der Waals surface area contributed by atoms with Crippen molar-refractivity contribution in [2.24, 2.45) is 0 Å². The number of hydrogen-bond donors (Lipinski definition) is 0. The van der Waals surface area contributed by atoms with Gasteiger partial charge in [-0.3, -0.25) is 0 Å². The Morgan fingerprint density at radius 2 is 1.22 bits per heavy atom. The summed E-state index contributed by atoms with van der Waals surface area (Å²) in [6.45, 7) is 0. The topological polar surface area (TPSA) is 18.5 Å². The zero-order valence-corrected chi connectivity index (χ0v) is 17.5. The van der Waals surface area contributed by atoms with Gasteiger partial charge in [0, 0.05) is 10.8 Å². The predicted molar refractivity (Wildman–Crippen MR) is 120 cm³/mol. The Balaban J connectivity index is 1.77. The van der Waals surface area contributed by atoms with Crippen molar-refractivity contribution in [3.63, 3.8) is 0 Å². The minimum absolute atomic E-state index is 0.528. The quantitative estimate of drug-likeness (QED) is 0.299. The Bertz CT molecular complexity index is 1320. The summed E-state index contributed by atoms with van der Waals surface area (Å²) in [5.74, 6) is 1.44.